The average molecular weight is 448 g/mol. The van der Waals surface area contributed by atoms with Crippen LogP contribution in [0.3, 0.4) is 0 Å². The Labute approximate surface area is 169 Å². The fraction of sp³-hybridized carbons (Fsp3) is 1.00. The Balaban J connectivity index is -0.00000000323. The van der Waals surface area contributed by atoms with Crippen molar-refractivity contribution in [1.29, 1.82) is 0 Å². The molecule has 0 heterocycles. The summed E-state index contributed by atoms with van der Waals surface area (Å²) >= 11 is 16.9. The summed E-state index contributed by atoms with van der Waals surface area (Å²) in [4.78, 5) is 0. The zero-order chi connectivity index (χ0) is 10.8. The van der Waals surface area contributed by atoms with Crippen molar-refractivity contribution >= 4 is 108 Å². The predicted molar refractivity (Wildman–Crippen MR) is 147 cm³/mol. The molecule has 0 saturated carbocycles. The van der Waals surface area contributed by atoms with E-state index >= 15 is 0 Å². The molecule has 0 aliphatic rings. The van der Waals surface area contributed by atoms with Gasteiger partial charge in [0.15, 0.2) is 0 Å². The number of nitrogens with two attached hydrogens (primary N) is 4. The van der Waals surface area contributed by atoms with Crippen LogP contribution < -0.4 is 0 Å². The third-order valence-electron chi connectivity index (χ3n) is 0. The molecule has 136 valence electrons. The Bertz CT molecular complexity index is 103. The number of rotatable bonds is 0. The number of hydrogen-bond donors (Lipinski definition) is 0. The second kappa shape index (κ2) is 238. The van der Waals surface area contributed by atoms with E-state index in [9.17, 15) is 0 Å². The minimum atomic E-state index is 0. The van der Waals surface area contributed by atoms with Gasteiger partial charge in [0, 0.05) is 0 Å². The molecular formula is C5H36B4N4P4S4-4. The summed E-state index contributed by atoms with van der Waals surface area (Å²) < 4.78 is 0. The summed E-state index contributed by atoms with van der Waals surface area (Å²) in [6.07, 6.45) is 0. The summed E-state index contributed by atoms with van der Waals surface area (Å²) in [7, 11) is 9.07. The minimum Gasteiger partial charge on any atom is -0.693 e. The molecule has 0 saturated heterocycles. The van der Waals surface area contributed by atoms with E-state index in [0.717, 1.165) is 0 Å². The van der Waals surface area contributed by atoms with Gasteiger partial charge in [-0.15, -0.1) is 0 Å². The smallest absolute Gasteiger partial charge is 0.693 e. The molecule has 4 nitrogen and oxygen atoms in total. The van der Waals surface area contributed by atoms with Crippen LogP contribution in [0, 0.1) is 0 Å². The fourth-order valence-corrected chi connectivity index (χ4v) is 0. The normalized spacial score (nSPS) is 1.71. The van der Waals surface area contributed by atoms with Gasteiger partial charge in [-0.2, -0.15) is 0 Å². The summed E-state index contributed by atoms with van der Waals surface area (Å²) in [6.45, 7) is 0. The monoisotopic (exact) mass is 448 g/mol. The van der Waals surface area contributed by atoms with Gasteiger partial charge in [-0.1, -0.05) is 37.1 Å². The van der Waals surface area contributed by atoms with Crippen LogP contribution in [0.15, 0.2) is 0 Å². The van der Waals surface area contributed by atoms with Gasteiger partial charge < -0.3 is 24.6 Å². The van der Waals surface area contributed by atoms with Crippen LogP contribution in [-0.2, 0) is 0 Å². The molecule has 4 atom stereocenters. The SMILES string of the molecule is C.C.C.C.C.PB=S.PB=S.PB=S.PB=S.[NH2-].[NH2-].[NH2-].[NH2-]. The maximum atomic E-state index is 4.23. The van der Waals surface area contributed by atoms with Gasteiger partial charge in [0.2, 0.25) is 0 Å². The average Bonchev–Trinajstić information content (AvgIpc) is 1.92. The maximum absolute atomic E-state index is 4.23. The van der Waals surface area contributed by atoms with E-state index in [-0.39, 0.29) is 61.7 Å². The molecule has 0 bridgehead atoms. The Morgan fingerprint density at radius 2 is 0.381 bits per heavy atom. The molecule has 0 amide bonds. The van der Waals surface area contributed by atoms with Crippen molar-refractivity contribution in [2.45, 2.75) is 37.1 Å². The summed E-state index contributed by atoms with van der Waals surface area (Å²) in [5.74, 6) is 6.00. The molecule has 0 aliphatic carbocycles. The molecule has 0 radical (unpaired) electrons. The van der Waals surface area contributed by atoms with Crippen molar-refractivity contribution in [1.82, 2.24) is 0 Å². The first-order valence-corrected chi connectivity index (χ1v) is 6.83. The Hall–Kier alpha value is 2.70. The third kappa shape index (κ3) is 1330. The minimum absolute atomic E-state index is 0. The van der Waals surface area contributed by atoms with Gasteiger partial charge in [-0.3, -0.25) is 0 Å². The van der Waals surface area contributed by atoms with Gasteiger partial charge in [0.1, 0.15) is 0 Å². The van der Waals surface area contributed by atoms with Gasteiger partial charge in [0.25, 0.3) is 0 Å². The van der Waals surface area contributed by atoms with Crippen LogP contribution in [0.4, 0.5) is 0 Å². The molecule has 16 heteroatoms. The van der Waals surface area contributed by atoms with Crippen LogP contribution in [0.1, 0.15) is 37.1 Å². The van der Waals surface area contributed by atoms with E-state index in [2.05, 4.69) is 84.7 Å². The molecular weight excluding hydrogens is 411 g/mol. The van der Waals surface area contributed by atoms with Crippen molar-refractivity contribution < 1.29 is 0 Å². The molecule has 8 N–H and O–H groups in total. The summed E-state index contributed by atoms with van der Waals surface area (Å²) in [5.41, 5.74) is 0. The van der Waals surface area contributed by atoms with E-state index in [0.29, 0.717) is 0 Å². The number of hydrogen-bond acceptors (Lipinski definition) is 4. The summed E-state index contributed by atoms with van der Waals surface area (Å²) in [5, 5.41) is 0. The molecule has 0 aromatic rings. The second-order valence-corrected chi connectivity index (χ2v) is 4.90. The summed E-state index contributed by atoms with van der Waals surface area (Å²) in [6, 6.07) is 0. The van der Waals surface area contributed by atoms with Crippen molar-refractivity contribution in [2.75, 3.05) is 0 Å². The van der Waals surface area contributed by atoms with Crippen LogP contribution in [-0.4, -0.2) is 23.5 Å². The zero-order valence-electron chi connectivity index (χ0n) is 8.56. The Morgan fingerprint density at radius 1 is 0.381 bits per heavy atom. The standard InChI is InChI=1S/5CH4.4BH2PS.4H2N/c;;;;;4*2-1-3;;;;/h5*1H4;4*2H2;4*1H2/q;;;;;;;;;4*-1. The quantitative estimate of drug-likeness (QED) is 0.272. The van der Waals surface area contributed by atoms with Gasteiger partial charge >= 0.3 is 108 Å². The molecule has 0 spiro atoms. The topological polar surface area (TPSA) is 134 Å². The first-order chi connectivity index (χ1) is 5.66. The molecule has 0 aromatic carbocycles. The van der Waals surface area contributed by atoms with Crippen LogP contribution >= 0.6 is 84.7 Å². The maximum Gasteiger partial charge on any atom is -0.693 e. The van der Waals surface area contributed by atoms with Crippen molar-refractivity contribution in [3.8, 4) is 0 Å². The zero-order valence-corrected chi connectivity index (χ0v) is 16.4. The van der Waals surface area contributed by atoms with E-state index < -0.39 is 0 Å². The Kier molecular flexibility index (Phi) is 1210. The molecule has 0 fully saturated rings. The van der Waals surface area contributed by atoms with Gasteiger partial charge in [-0.05, 0) is 0 Å². The third-order valence-corrected chi connectivity index (χ3v) is 0. The van der Waals surface area contributed by atoms with E-state index in [1.54, 1.807) is 0 Å². The molecule has 4 unspecified atom stereocenters. The van der Waals surface area contributed by atoms with E-state index in [1.807, 2.05) is 0 Å². The first kappa shape index (κ1) is 107. The Morgan fingerprint density at radius 3 is 0.381 bits per heavy atom. The van der Waals surface area contributed by atoms with Crippen LogP contribution in [0.5, 0.6) is 0 Å². The molecule has 0 aromatic heterocycles. The molecule has 21 heavy (non-hydrogen) atoms. The largest absolute Gasteiger partial charge is 0.693 e. The van der Waals surface area contributed by atoms with E-state index in [4.69, 9.17) is 0 Å². The van der Waals surface area contributed by atoms with Crippen LogP contribution in [0.2, 0.25) is 0 Å². The molecule has 0 aliphatic heterocycles. The molecule has 0 rings (SSSR count). The van der Waals surface area contributed by atoms with E-state index in [1.165, 1.54) is 23.5 Å². The predicted octanol–water partition coefficient (Wildman–Crippen LogP) is 8.42. The first-order valence-electron chi connectivity index (χ1n) is 2.28. The van der Waals surface area contributed by atoms with Crippen molar-refractivity contribution in [3.63, 3.8) is 0 Å². The van der Waals surface area contributed by atoms with Gasteiger partial charge in [-0.25, -0.2) is 0 Å². The fourth-order valence-electron chi connectivity index (χ4n) is 0. The second-order valence-electron chi connectivity index (χ2n) is 0.544. The van der Waals surface area contributed by atoms with Gasteiger partial charge in [0.05, 0.1) is 0 Å². The van der Waals surface area contributed by atoms with Crippen LogP contribution in [0.25, 0.3) is 24.6 Å². The van der Waals surface area contributed by atoms with Crippen molar-refractivity contribution in [2.24, 2.45) is 0 Å². The van der Waals surface area contributed by atoms with Crippen molar-refractivity contribution in [3.05, 3.63) is 24.6 Å².